The van der Waals surface area contributed by atoms with Gasteiger partial charge in [-0.3, -0.25) is 4.79 Å². The Morgan fingerprint density at radius 3 is 2.74 bits per heavy atom. The molecule has 0 aliphatic carbocycles. The molecule has 0 aromatic rings. The van der Waals surface area contributed by atoms with Gasteiger partial charge in [0.2, 0.25) is 5.91 Å². The number of terminal acetylenes is 1. The molecular weight excluding hydrogens is 250 g/mol. The second-order valence-electron chi connectivity index (χ2n) is 4.44. The number of carbonyl (C=O) groups excluding carboxylic acids is 2. The first-order valence-corrected chi connectivity index (χ1v) is 5.96. The van der Waals surface area contributed by atoms with Gasteiger partial charge in [-0.25, -0.2) is 9.59 Å². The van der Waals surface area contributed by atoms with Crippen molar-refractivity contribution < 1.29 is 19.5 Å². The molecule has 4 N–H and O–H groups in total. The van der Waals surface area contributed by atoms with E-state index in [1.807, 2.05) is 0 Å². The van der Waals surface area contributed by atoms with Crippen LogP contribution in [0.15, 0.2) is 0 Å². The van der Waals surface area contributed by atoms with Crippen molar-refractivity contribution in [2.24, 2.45) is 11.7 Å². The first-order valence-electron chi connectivity index (χ1n) is 5.96. The average Bonchev–Trinajstić information content (AvgIpc) is 2.38. The summed E-state index contributed by atoms with van der Waals surface area (Å²) in [5, 5.41) is 11.2. The topological polar surface area (TPSA) is 113 Å². The maximum atomic E-state index is 11.9. The quantitative estimate of drug-likeness (QED) is 0.588. The van der Waals surface area contributed by atoms with Gasteiger partial charge in [0, 0.05) is 19.5 Å². The van der Waals surface area contributed by atoms with Crippen LogP contribution in [0.5, 0.6) is 0 Å². The highest BCUT2D eigenvalue weighted by atomic mass is 16.4. The van der Waals surface area contributed by atoms with Gasteiger partial charge < -0.3 is 21.1 Å². The molecule has 2 unspecified atom stereocenters. The molecule has 7 heteroatoms. The SMILES string of the molecule is C#CCC(NC(=O)N1CCCC(C(N)=O)C1)C(=O)O. The number of nitrogens with one attached hydrogen (secondary N) is 1. The summed E-state index contributed by atoms with van der Waals surface area (Å²) in [7, 11) is 0. The smallest absolute Gasteiger partial charge is 0.327 e. The Kier molecular flexibility index (Phi) is 5.18. The van der Waals surface area contributed by atoms with Crippen molar-refractivity contribution >= 4 is 17.9 Å². The molecule has 2 atom stereocenters. The monoisotopic (exact) mass is 267 g/mol. The fourth-order valence-electron chi connectivity index (χ4n) is 1.95. The zero-order valence-corrected chi connectivity index (χ0v) is 10.5. The number of hydrogen-bond donors (Lipinski definition) is 3. The molecule has 3 amide bonds. The van der Waals surface area contributed by atoms with Crippen LogP contribution >= 0.6 is 0 Å². The molecule has 104 valence electrons. The molecule has 0 spiro atoms. The van der Waals surface area contributed by atoms with Crippen LogP contribution in [0.25, 0.3) is 0 Å². The minimum atomic E-state index is -1.19. The Labute approximate surface area is 111 Å². The number of rotatable bonds is 4. The van der Waals surface area contributed by atoms with Crippen molar-refractivity contribution in [2.45, 2.75) is 25.3 Å². The number of primary amides is 1. The number of amides is 3. The minimum absolute atomic E-state index is 0.0891. The van der Waals surface area contributed by atoms with Crippen molar-refractivity contribution in [2.75, 3.05) is 13.1 Å². The van der Waals surface area contributed by atoms with E-state index < -0.39 is 23.9 Å². The number of carboxylic acid groups (broad SMARTS) is 1. The number of nitrogens with zero attached hydrogens (tertiary/aromatic N) is 1. The highest BCUT2D eigenvalue weighted by Crippen LogP contribution is 2.16. The lowest BCUT2D eigenvalue weighted by Gasteiger charge is -2.31. The van der Waals surface area contributed by atoms with Gasteiger partial charge in [-0.2, -0.15) is 0 Å². The van der Waals surface area contributed by atoms with Gasteiger partial charge >= 0.3 is 12.0 Å². The largest absolute Gasteiger partial charge is 0.480 e. The molecule has 0 aromatic heterocycles. The lowest BCUT2D eigenvalue weighted by atomic mass is 9.98. The summed E-state index contributed by atoms with van der Waals surface area (Å²) in [6, 6.07) is -1.65. The third-order valence-corrected chi connectivity index (χ3v) is 3.03. The highest BCUT2D eigenvalue weighted by Gasteiger charge is 2.29. The van der Waals surface area contributed by atoms with Gasteiger partial charge in [0.05, 0.1) is 5.92 Å². The summed E-state index contributed by atoms with van der Waals surface area (Å²) in [4.78, 5) is 35.3. The number of hydrogen-bond acceptors (Lipinski definition) is 3. The highest BCUT2D eigenvalue weighted by molar-refractivity contribution is 5.83. The molecule has 1 heterocycles. The van der Waals surface area contributed by atoms with E-state index in [1.165, 1.54) is 4.90 Å². The molecule has 0 aromatic carbocycles. The number of likely N-dealkylation sites (tertiary alicyclic amines) is 1. The molecule has 1 aliphatic heterocycles. The molecular formula is C12H17N3O4. The molecule has 0 radical (unpaired) electrons. The van der Waals surface area contributed by atoms with Crippen LogP contribution in [0, 0.1) is 18.3 Å². The number of piperidine rings is 1. The number of urea groups is 1. The van der Waals surface area contributed by atoms with Crippen LogP contribution in [0.4, 0.5) is 4.79 Å². The normalized spacial score (nSPS) is 20.2. The fraction of sp³-hybridized carbons (Fsp3) is 0.583. The van der Waals surface area contributed by atoms with E-state index in [0.717, 1.165) is 0 Å². The van der Waals surface area contributed by atoms with Crippen molar-refractivity contribution in [1.82, 2.24) is 10.2 Å². The van der Waals surface area contributed by atoms with Crippen molar-refractivity contribution in [3.8, 4) is 12.3 Å². The molecule has 1 aliphatic rings. The van der Waals surface area contributed by atoms with Crippen LogP contribution in [0.2, 0.25) is 0 Å². The van der Waals surface area contributed by atoms with Crippen molar-refractivity contribution in [3.63, 3.8) is 0 Å². The third-order valence-electron chi connectivity index (χ3n) is 3.03. The van der Waals surface area contributed by atoms with E-state index in [9.17, 15) is 14.4 Å². The van der Waals surface area contributed by atoms with Gasteiger partial charge in [0.1, 0.15) is 6.04 Å². The van der Waals surface area contributed by atoms with Crippen LogP contribution in [-0.4, -0.2) is 47.0 Å². The van der Waals surface area contributed by atoms with E-state index >= 15 is 0 Å². The predicted molar refractivity (Wildman–Crippen MR) is 66.9 cm³/mol. The minimum Gasteiger partial charge on any atom is -0.480 e. The van der Waals surface area contributed by atoms with E-state index in [2.05, 4.69) is 11.2 Å². The van der Waals surface area contributed by atoms with Crippen molar-refractivity contribution in [1.29, 1.82) is 0 Å². The van der Waals surface area contributed by atoms with Gasteiger partial charge in [-0.1, -0.05) is 0 Å². The summed E-state index contributed by atoms with van der Waals surface area (Å²) >= 11 is 0. The van der Waals surface area contributed by atoms with Crippen molar-refractivity contribution in [3.05, 3.63) is 0 Å². The summed E-state index contributed by atoms with van der Waals surface area (Å²) in [6.45, 7) is 0.682. The maximum Gasteiger partial charge on any atom is 0.327 e. The number of carbonyl (C=O) groups is 3. The Hall–Kier alpha value is -2.23. The number of aliphatic carboxylic acids is 1. The average molecular weight is 267 g/mol. The van der Waals surface area contributed by atoms with Gasteiger partial charge in [0.25, 0.3) is 0 Å². The lowest BCUT2D eigenvalue weighted by Crippen LogP contribution is -2.52. The second-order valence-corrected chi connectivity index (χ2v) is 4.44. The molecule has 0 bridgehead atoms. The van der Waals surface area contributed by atoms with Crippen LogP contribution < -0.4 is 11.1 Å². The van der Waals surface area contributed by atoms with Gasteiger partial charge in [-0.15, -0.1) is 12.3 Å². The molecule has 7 nitrogen and oxygen atoms in total. The summed E-state index contributed by atoms with van der Waals surface area (Å²) in [5.41, 5.74) is 5.21. The lowest BCUT2D eigenvalue weighted by molar-refractivity contribution is -0.139. The van der Waals surface area contributed by atoms with E-state index in [-0.39, 0.29) is 18.9 Å². The van der Waals surface area contributed by atoms with E-state index in [0.29, 0.717) is 19.4 Å². The standard InChI is InChI=1S/C12H17N3O4/c1-2-4-9(11(17)18)14-12(19)15-6-3-5-8(7-15)10(13)16/h1,8-9H,3-7H2,(H2,13,16)(H,14,19)(H,17,18). The van der Waals surface area contributed by atoms with Gasteiger partial charge in [-0.05, 0) is 12.8 Å². The van der Waals surface area contributed by atoms with E-state index in [4.69, 9.17) is 17.3 Å². The Balaban J connectivity index is 2.59. The summed E-state index contributed by atoms with van der Waals surface area (Å²) in [5.74, 6) is 0.183. The first kappa shape index (κ1) is 14.8. The third kappa shape index (κ3) is 4.17. The number of nitrogens with two attached hydrogens (primary N) is 1. The first-order chi connectivity index (χ1) is 8.95. The molecule has 1 saturated heterocycles. The molecule has 1 rings (SSSR count). The molecule has 1 fully saturated rings. The zero-order chi connectivity index (χ0) is 14.4. The Morgan fingerprint density at radius 2 is 2.21 bits per heavy atom. The van der Waals surface area contributed by atoms with Crippen LogP contribution in [-0.2, 0) is 9.59 Å². The maximum absolute atomic E-state index is 11.9. The summed E-state index contributed by atoms with van der Waals surface area (Å²) in [6.07, 6.45) is 6.26. The van der Waals surface area contributed by atoms with Crippen LogP contribution in [0.1, 0.15) is 19.3 Å². The summed E-state index contributed by atoms with van der Waals surface area (Å²) < 4.78 is 0. The second kappa shape index (κ2) is 6.64. The Bertz CT molecular complexity index is 416. The predicted octanol–water partition coefficient (Wildman–Crippen LogP) is -0.630. The molecule has 0 saturated carbocycles. The molecule has 19 heavy (non-hydrogen) atoms. The Morgan fingerprint density at radius 1 is 1.53 bits per heavy atom. The zero-order valence-electron chi connectivity index (χ0n) is 10.5. The number of carboxylic acids is 1. The van der Waals surface area contributed by atoms with E-state index in [1.54, 1.807) is 0 Å². The van der Waals surface area contributed by atoms with Crippen LogP contribution in [0.3, 0.4) is 0 Å². The fourth-order valence-corrected chi connectivity index (χ4v) is 1.95. The van der Waals surface area contributed by atoms with Gasteiger partial charge in [0.15, 0.2) is 0 Å².